The average molecular weight is 303 g/mol. The van der Waals surface area contributed by atoms with Gasteiger partial charge in [0.2, 0.25) is 5.91 Å². The SMILES string of the molecule is CC1CCCN(CC(C)NC(=O)C(N)Cc2ccccc2)C1. The van der Waals surface area contributed by atoms with Gasteiger partial charge in [-0.25, -0.2) is 0 Å². The van der Waals surface area contributed by atoms with Crippen molar-refractivity contribution in [2.75, 3.05) is 19.6 Å². The molecule has 122 valence electrons. The molecule has 1 fully saturated rings. The summed E-state index contributed by atoms with van der Waals surface area (Å²) in [6.45, 7) is 7.54. The van der Waals surface area contributed by atoms with E-state index in [-0.39, 0.29) is 11.9 Å². The molecule has 1 aliphatic rings. The smallest absolute Gasteiger partial charge is 0.237 e. The van der Waals surface area contributed by atoms with Crippen molar-refractivity contribution in [1.29, 1.82) is 0 Å². The van der Waals surface area contributed by atoms with E-state index in [0.717, 1.165) is 31.1 Å². The highest BCUT2D eigenvalue weighted by molar-refractivity contribution is 5.82. The summed E-state index contributed by atoms with van der Waals surface area (Å²) in [5, 5.41) is 3.06. The molecule has 0 radical (unpaired) electrons. The molecule has 0 aromatic heterocycles. The minimum Gasteiger partial charge on any atom is -0.351 e. The fraction of sp³-hybridized carbons (Fsp3) is 0.611. The Bertz CT molecular complexity index is 463. The summed E-state index contributed by atoms with van der Waals surface area (Å²) in [4.78, 5) is 14.7. The minimum atomic E-state index is -0.481. The third-order valence-electron chi connectivity index (χ3n) is 4.30. The van der Waals surface area contributed by atoms with Crippen LogP contribution in [-0.4, -0.2) is 42.5 Å². The molecule has 1 amide bonds. The molecule has 4 nitrogen and oxygen atoms in total. The Labute approximate surface area is 134 Å². The number of nitrogens with zero attached hydrogens (tertiary/aromatic N) is 1. The zero-order valence-electron chi connectivity index (χ0n) is 13.8. The van der Waals surface area contributed by atoms with Gasteiger partial charge in [-0.05, 0) is 44.2 Å². The van der Waals surface area contributed by atoms with Crippen molar-refractivity contribution in [2.45, 2.75) is 45.2 Å². The maximum absolute atomic E-state index is 12.2. The summed E-state index contributed by atoms with van der Waals surface area (Å²) in [6, 6.07) is 9.58. The minimum absolute atomic E-state index is 0.0542. The van der Waals surface area contributed by atoms with Gasteiger partial charge >= 0.3 is 0 Å². The Hall–Kier alpha value is -1.39. The number of likely N-dealkylation sites (tertiary alicyclic amines) is 1. The fourth-order valence-corrected chi connectivity index (χ4v) is 3.20. The number of carbonyl (C=O) groups excluding carboxylic acids is 1. The lowest BCUT2D eigenvalue weighted by atomic mass is 10.00. The molecule has 3 N–H and O–H groups in total. The molecule has 0 aliphatic carbocycles. The number of carbonyl (C=O) groups is 1. The van der Waals surface area contributed by atoms with E-state index in [0.29, 0.717) is 6.42 Å². The Kier molecular flexibility index (Phi) is 6.40. The van der Waals surface area contributed by atoms with Gasteiger partial charge in [-0.15, -0.1) is 0 Å². The Morgan fingerprint density at radius 2 is 2.14 bits per heavy atom. The van der Waals surface area contributed by atoms with Crippen LogP contribution in [0.1, 0.15) is 32.3 Å². The molecular weight excluding hydrogens is 274 g/mol. The van der Waals surface area contributed by atoms with Gasteiger partial charge in [0.05, 0.1) is 6.04 Å². The second-order valence-corrected chi connectivity index (χ2v) is 6.71. The lowest BCUT2D eigenvalue weighted by Crippen LogP contribution is -2.50. The predicted octanol–water partition coefficient (Wildman–Crippen LogP) is 1.79. The van der Waals surface area contributed by atoms with Crippen molar-refractivity contribution in [3.8, 4) is 0 Å². The van der Waals surface area contributed by atoms with Crippen molar-refractivity contribution in [1.82, 2.24) is 10.2 Å². The van der Waals surface area contributed by atoms with Crippen molar-refractivity contribution >= 4 is 5.91 Å². The van der Waals surface area contributed by atoms with Crippen LogP contribution in [0, 0.1) is 5.92 Å². The molecule has 0 spiro atoms. The van der Waals surface area contributed by atoms with E-state index in [1.165, 1.54) is 12.8 Å². The zero-order chi connectivity index (χ0) is 15.9. The molecule has 2 rings (SSSR count). The lowest BCUT2D eigenvalue weighted by Gasteiger charge is -2.33. The van der Waals surface area contributed by atoms with Crippen molar-refractivity contribution in [3.05, 3.63) is 35.9 Å². The molecule has 4 heteroatoms. The third-order valence-corrected chi connectivity index (χ3v) is 4.30. The van der Waals surface area contributed by atoms with Crippen LogP contribution in [0.3, 0.4) is 0 Å². The number of piperidine rings is 1. The molecule has 3 unspecified atom stereocenters. The third kappa shape index (κ3) is 5.43. The van der Waals surface area contributed by atoms with E-state index in [9.17, 15) is 4.79 Å². The lowest BCUT2D eigenvalue weighted by molar-refractivity contribution is -0.123. The van der Waals surface area contributed by atoms with E-state index in [1.54, 1.807) is 0 Å². The maximum atomic E-state index is 12.2. The van der Waals surface area contributed by atoms with Gasteiger partial charge in [0.15, 0.2) is 0 Å². The second kappa shape index (κ2) is 8.30. The zero-order valence-corrected chi connectivity index (χ0v) is 13.8. The van der Waals surface area contributed by atoms with E-state index < -0.39 is 6.04 Å². The number of hydrogen-bond donors (Lipinski definition) is 2. The first-order chi connectivity index (χ1) is 10.5. The summed E-state index contributed by atoms with van der Waals surface area (Å²) in [5.41, 5.74) is 7.13. The molecule has 0 bridgehead atoms. The maximum Gasteiger partial charge on any atom is 0.237 e. The van der Waals surface area contributed by atoms with Gasteiger partial charge in [0.25, 0.3) is 0 Å². The van der Waals surface area contributed by atoms with Crippen LogP contribution in [0.4, 0.5) is 0 Å². The molecule has 1 aliphatic heterocycles. The summed E-state index contributed by atoms with van der Waals surface area (Å²) in [7, 11) is 0. The molecule has 22 heavy (non-hydrogen) atoms. The molecule has 3 atom stereocenters. The van der Waals surface area contributed by atoms with Gasteiger partial charge < -0.3 is 16.0 Å². The van der Waals surface area contributed by atoms with Crippen LogP contribution in [0.5, 0.6) is 0 Å². The van der Waals surface area contributed by atoms with Gasteiger partial charge in [-0.1, -0.05) is 37.3 Å². The normalized spacial score (nSPS) is 22.0. The second-order valence-electron chi connectivity index (χ2n) is 6.71. The first-order valence-electron chi connectivity index (χ1n) is 8.37. The molecule has 1 aromatic rings. The molecule has 1 aromatic carbocycles. The Balaban J connectivity index is 1.75. The highest BCUT2D eigenvalue weighted by Crippen LogP contribution is 2.15. The van der Waals surface area contributed by atoms with Crippen LogP contribution in [0.15, 0.2) is 30.3 Å². The van der Waals surface area contributed by atoms with Crippen LogP contribution in [-0.2, 0) is 11.2 Å². The fourth-order valence-electron chi connectivity index (χ4n) is 3.20. The number of hydrogen-bond acceptors (Lipinski definition) is 3. The van der Waals surface area contributed by atoms with E-state index in [1.807, 2.05) is 30.3 Å². The van der Waals surface area contributed by atoms with Gasteiger partial charge in [0, 0.05) is 19.1 Å². The monoisotopic (exact) mass is 303 g/mol. The number of nitrogens with one attached hydrogen (secondary N) is 1. The van der Waals surface area contributed by atoms with Gasteiger partial charge in [-0.3, -0.25) is 4.79 Å². The number of nitrogens with two attached hydrogens (primary N) is 1. The molecule has 1 saturated heterocycles. The molecule has 0 saturated carbocycles. The molecular formula is C18H29N3O. The molecule has 1 heterocycles. The largest absolute Gasteiger partial charge is 0.351 e. The van der Waals surface area contributed by atoms with Crippen molar-refractivity contribution in [3.63, 3.8) is 0 Å². The van der Waals surface area contributed by atoms with Crippen LogP contribution in [0.2, 0.25) is 0 Å². The highest BCUT2D eigenvalue weighted by Gasteiger charge is 2.20. The quantitative estimate of drug-likeness (QED) is 0.842. The van der Waals surface area contributed by atoms with E-state index >= 15 is 0 Å². The Morgan fingerprint density at radius 3 is 2.82 bits per heavy atom. The standard InChI is InChI=1S/C18H29N3O/c1-14-7-6-10-21(12-14)13-15(2)20-18(22)17(19)11-16-8-4-3-5-9-16/h3-5,8-9,14-15,17H,6-7,10-13,19H2,1-2H3,(H,20,22). The number of benzene rings is 1. The predicted molar refractivity (Wildman–Crippen MR) is 90.6 cm³/mol. The van der Waals surface area contributed by atoms with E-state index in [2.05, 4.69) is 24.1 Å². The average Bonchev–Trinajstić information content (AvgIpc) is 2.48. The first-order valence-corrected chi connectivity index (χ1v) is 8.37. The summed E-state index contributed by atoms with van der Waals surface area (Å²) in [6.07, 6.45) is 3.16. The topological polar surface area (TPSA) is 58.4 Å². The van der Waals surface area contributed by atoms with E-state index in [4.69, 9.17) is 5.73 Å². The van der Waals surface area contributed by atoms with Crippen LogP contribution in [0.25, 0.3) is 0 Å². The van der Waals surface area contributed by atoms with Crippen molar-refractivity contribution in [2.24, 2.45) is 11.7 Å². The van der Waals surface area contributed by atoms with Crippen LogP contribution < -0.4 is 11.1 Å². The highest BCUT2D eigenvalue weighted by atomic mass is 16.2. The Morgan fingerprint density at radius 1 is 1.41 bits per heavy atom. The van der Waals surface area contributed by atoms with Crippen LogP contribution >= 0.6 is 0 Å². The first kappa shape index (κ1) is 17.0. The van der Waals surface area contributed by atoms with Gasteiger partial charge in [0.1, 0.15) is 0 Å². The number of rotatable bonds is 6. The summed E-state index contributed by atoms with van der Waals surface area (Å²) < 4.78 is 0. The summed E-state index contributed by atoms with van der Waals surface area (Å²) >= 11 is 0. The van der Waals surface area contributed by atoms with Gasteiger partial charge in [-0.2, -0.15) is 0 Å². The van der Waals surface area contributed by atoms with Crippen molar-refractivity contribution < 1.29 is 4.79 Å². The summed E-state index contributed by atoms with van der Waals surface area (Å²) in [5.74, 6) is 0.707. The number of amides is 1.